The maximum Gasteiger partial charge on any atom is 0.490 e. The Labute approximate surface area is 176 Å². The molecule has 1 aromatic carbocycles. The molecule has 1 saturated heterocycles. The van der Waals surface area contributed by atoms with Gasteiger partial charge in [-0.1, -0.05) is 17.3 Å². The molecule has 3 heterocycles. The van der Waals surface area contributed by atoms with Gasteiger partial charge < -0.3 is 19.5 Å². The lowest BCUT2D eigenvalue weighted by molar-refractivity contribution is -0.192. The van der Waals surface area contributed by atoms with Gasteiger partial charge >= 0.3 is 12.1 Å². The second-order valence-electron chi connectivity index (χ2n) is 7.09. The topological polar surface area (TPSA) is 108 Å². The molecule has 166 valence electrons. The van der Waals surface area contributed by atoms with Crippen molar-refractivity contribution in [3.8, 4) is 11.4 Å². The minimum Gasteiger partial charge on any atom is -0.475 e. The van der Waals surface area contributed by atoms with Crippen LogP contribution in [0.5, 0.6) is 0 Å². The summed E-state index contributed by atoms with van der Waals surface area (Å²) in [6.45, 7) is 4.42. The smallest absolute Gasteiger partial charge is 0.475 e. The van der Waals surface area contributed by atoms with E-state index in [1.165, 1.54) is 24.1 Å². The molecular formula is C20H22F3N5O3. The quantitative estimate of drug-likeness (QED) is 0.625. The van der Waals surface area contributed by atoms with Crippen molar-refractivity contribution in [2.24, 2.45) is 0 Å². The number of anilines is 1. The van der Waals surface area contributed by atoms with Crippen LogP contribution >= 0.6 is 0 Å². The van der Waals surface area contributed by atoms with Crippen LogP contribution in [0, 0.1) is 6.92 Å². The second-order valence-corrected chi connectivity index (χ2v) is 7.09. The zero-order chi connectivity index (χ0) is 22.4. The number of aromatic amines is 1. The van der Waals surface area contributed by atoms with Crippen molar-refractivity contribution in [3.05, 3.63) is 47.9 Å². The SMILES string of the molecule is Cc1ccc(-c2noc(CCc3cnc[nH]3)n2)cc1N1CCCC1.O=C(O)C(F)(F)F. The van der Waals surface area contributed by atoms with Gasteiger partial charge in [0.25, 0.3) is 0 Å². The van der Waals surface area contributed by atoms with Gasteiger partial charge in [-0.15, -0.1) is 0 Å². The molecule has 0 unspecified atom stereocenters. The Morgan fingerprint density at radius 3 is 2.58 bits per heavy atom. The van der Waals surface area contributed by atoms with Crippen LogP contribution in [0.2, 0.25) is 0 Å². The number of aliphatic carboxylic acids is 1. The molecule has 3 aromatic rings. The third-order valence-electron chi connectivity index (χ3n) is 4.79. The van der Waals surface area contributed by atoms with Crippen molar-refractivity contribution in [1.29, 1.82) is 0 Å². The fourth-order valence-corrected chi connectivity index (χ4v) is 3.18. The first kappa shape index (κ1) is 22.3. The van der Waals surface area contributed by atoms with E-state index in [0.29, 0.717) is 18.1 Å². The molecule has 0 atom stereocenters. The normalized spacial score (nSPS) is 13.7. The summed E-state index contributed by atoms with van der Waals surface area (Å²) in [6, 6.07) is 6.40. The summed E-state index contributed by atoms with van der Waals surface area (Å²) in [7, 11) is 0. The highest BCUT2D eigenvalue weighted by atomic mass is 19.4. The van der Waals surface area contributed by atoms with E-state index in [1.54, 1.807) is 6.33 Å². The molecule has 1 aliphatic heterocycles. The van der Waals surface area contributed by atoms with Gasteiger partial charge in [-0.3, -0.25) is 0 Å². The number of halogens is 3. The molecule has 11 heteroatoms. The number of aromatic nitrogens is 4. The summed E-state index contributed by atoms with van der Waals surface area (Å²) >= 11 is 0. The Bertz CT molecular complexity index is 996. The Morgan fingerprint density at radius 1 is 1.26 bits per heavy atom. The molecule has 8 nitrogen and oxygen atoms in total. The number of nitrogens with one attached hydrogen (secondary N) is 1. The molecule has 31 heavy (non-hydrogen) atoms. The van der Waals surface area contributed by atoms with E-state index in [1.807, 2.05) is 6.20 Å². The van der Waals surface area contributed by atoms with Crippen LogP contribution in [0.1, 0.15) is 30.0 Å². The van der Waals surface area contributed by atoms with E-state index in [2.05, 4.69) is 50.1 Å². The monoisotopic (exact) mass is 437 g/mol. The number of nitrogens with zero attached hydrogens (tertiary/aromatic N) is 4. The van der Waals surface area contributed by atoms with Gasteiger partial charge in [0.1, 0.15) is 0 Å². The zero-order valence-electron chi connectivity index (χ0n) is 16.8. The zero-order valence-corrected chi connectivity index (χ0v) is 16.8. The van der Waals surface area contributed by atoms with E-state index in [4.69, 9.17) is 14.4 Å². The number of rotatable bonds is 5. The maximum absolute atomic E-state index is 10.6. The Kier molecular flexibility index (Phi) is 6.93. The largest absolute Gasteiger partial charge is 0.490 e. The summed E-state index contributed by atoms with van der Waals surface area (Å²) in [5.41, 5.74) is 4.66. The molecule has 2 N–H and O–H groups in total. The van der Waals surface area contributed by atoms with Crippen molar-refractivity contribution < 1.29 is 27.6 Å². The van der Waals surface area contributed by atoms with Crippen LogP contribution in [0.4, 0.5) is 18.9 Å². The third kappa shape index (κ3) is 6.06. The highest BCUT2D eigenvalue weighted by molar-refractivity contribution is 5.73. The van der Waals surface area contributed by atoms with Crippen LogP contribution in [0.3, 0.4) is 0 Å². The minimum atomic E-state index is -5.08. The molecule has 0 saturated carbocycles. The van der Waals surface area contributed by atoms with E-state index in [-0.39, 0.29) is 0 Å². The van der Waals surface area contributed by atoms with Crippen LogP contribution in [0.25, 0.3) is 11.4 Å². The van der Waals surface area contributed by atoms with Gasteiger partial charge in [-0.25, -0.2) is 9.78 Å². The number of carboxylic acid groups (broad SMARTS) is 1. The molecule has 1 fully saturated rings. The molecular weight excluding hydrogens is 415 g/mol. The second kappa shape index (κ2) is 9.63. The fourth-order valence-electron chi connectivity index (χ4n) is 3.18. The van der Waals surface area contributed by atoms with E-state index in [0.717, 1.165) is 30.8 Å². The maximum atomic E-state index is 10.6. The number of H-pyrrole nitrogens is 1. The van der Waals surface area contributed by atoms with Gasteiger partial charge in [0, 0.05) is 42.7 Å². The van der Waals surface area contributed by atoms with Gasteiger partial charge in [0.2, 0.25) is 11.7 Å². The number of benzene rings is 1. The number of carboxylic acids is 1. The van der Waals surface area contributed by atoms with E-state index < -0.39 is 12.1 Å². The summed E-state index contributed by atoms with van der Waals surface area (Å²) in [4.78, 5) is 23.0. The molecule has 4 rings (SSSR count). The lowest BCUT2D eigenvalue weighted by Crippen LogP contribution is -2.21. The third-order valence-corrected chi connectivity index (χ3v) is 4.79. The molecule has 1 aliphatic rings. The molecule has 2 aromatic heterocycles. The Morgan fingerprint density at radius 2 is 1.97 bits per heavy atom. The average Bonchev–Trinajstić information content (AvgIpc) is 3.48. The summed E-state index contributed by atoms with van der Waals surface area (Å²) in [5.74, 6) is -1.44. The van der Waals surface area contributed by atoms with Crippen LogP contribution in [0.15, 0.2) is 35.2 Å². The van der Waals surface area contributed by atoms with Crippen molar-refractivity contribution in [1.82, 2.24) is 20.1 Å². The van der Waals surface area contributed by atoms with Crippen molar-refractivity contribution >= 4 is 11.7 Å². The fraction of sp³-hybridized carbons (Fsp3) is 0.400. The lowest BCUT2D eigenvalue weighted by Gasteiger charge is -2.20. The molecule has 0 bridgehead atoms. The molecule has 0 spiro atoms. The lowest BCUT2D eigenvalue weighted by atomic mass is 10.1. The molecule has 0 radical (unpaired) electrons. The number of aryl methyl sites for hydroxylation is 3. The molecule has 0 amide bonds. The van der Waals surface area contributed by atoms with E-state index >= 15 is 0 Å². The van der Waals surface area contributed by atoms with Crippen molar-refractivity contribution in [2.45, 2.75) is 38.8 Å². The summed E-state index contributed by atoms with van der Waals surface area (Å²) in [6.07, 6.45) is 2.47. The highest BCUT2D eigenvalue weighted by Crippen LogP contribution is 2.29. The Balaban J connectivity index is 0.000000339. The highest BCUT2D eigenvalue weighted by Gasteiger charge is 2.38. The van der Waals surface area contributed by atoms with Gasteiger partial charge in [-0.05, 0) is 37.8 Å². The number of alkyl halides is 3. The minimum absolute atomic E-state index is 0.655. The van der Waals surface area contributed by atoms with Crippen LogP contribution < -0.4 is 4.90 Å². The van der Waals surface area contributed by atoms with E-state index in [9.17, 15) is 13.2 Å². The van der Waals surface area contributed by atoms with Gasteiger partial charge in [0.05, 0.1) is 6.33 Å². The summed E-state index contributed by atoms with van der Waals surface area (Å²) in [5, 5.41) is 11.3. The van der Waals surface area contributed by atoms with Crippen molar-refractivity contribution in [2.75, 3.05) is 18.0 Å². The number of carbonyl (C=O) groups is 1. The van der Waals surface area contributed by atoms with Gasteiger partial charge in [0.15, 0.2) is 0 Å². The van der Waals surface area contributed by atoms with Crippen LogP contribution in [-0.4, -0.2) is 50.5 Å². The summed E-state index contributed by atoms with van der Waals surface area (Å²) < 4.78 is 37.1. The average molecular weight is 437 g/mol. The van der Waals surface area contributed by atoms with Crippen molar-refractivity contribution in [3.63, 3.8) is 0 Å². The number of hydrogen-bond acceptors (Lipinski definition) is 6. The Hall–Kier alpha value is -3.37. The first-order valence-corrected chi connectivity index (χ1v) is 9.70. The predicted octanol–water partition coefficient (Wildman–Crippen LogP) is 3.79. The van der Waals surface area contributed by atoms with Crippen LogP contribution in [-0.2, 0) is 17.6 Å². The first-order chi connectivity index (χ1) is 14.7. The standard InChI is InChI=1S/C18H21N5O.C2HF3O2/c1-13-4-5-14(10-16(13)23-8-2-3-9-23)18-21-17(24-22-18)7-6-15-11-19-12-20-15;3-2(4,5)1(6)7/h4-5,10-12H,2-3,6-9H2,1H3,(H,19,20);(H,6,7). The first-order valence-electron chi connectivity index (χ1n) is 9.70. The predicted molar refractivity (Wildman–Crippen MR) is 106 cm³/mol. The van der Waals surface area contributed by atoms with Gasteiger partial charge in [-0.2, -0.15) is 18.2 Å². The molecule has 0 aliphatic carbocycles. The number of hydrogen-bond donors (Lipinski definition) is 2. The number of imidazole rings is 1.